The Hall–Kier alpha value is -2.05. The fraction of sp³-hybridized carbons (Fsp3) is 0.429. The molecule has 2 aromatic rings. The first-order valence-electron chi connectivity index (χ1n) is 6.67. The molecule has 21 heavy (non-hydrogen) atoms. The Morgan fingerprint density at radius 1 is 1.24 bits per heavy atom. The van der Waals surface area contributed by atoms with Crippen LogP contribution in [0.4, 0.5) is 13.2 Å². The summed E-state index contributed by atoms with van der Waals surface area (Å²) in [5.74, 6) is -1.27. The number of hydrogen-bond donors (Lipinski definition) is 0. The summed E-state index contributed by atoms with van der Waals surface area (Å²) in [4.78, 5) is 16.4. The van der Waals surface area contributed by atoms with E-state index in [0.29, 0.717) is 24.3 Å². The Morgan fingerprint density at radius 2 is 1.90 bits per heavy atom. The van der Waals surface area contributed by atoms with Gasteiger partial charge in [0, 0.05) is 19.0 Å². The molecule has 1 amide bonds. The lowest BCUT2D eigenvalue weighted by molar-refractivity contribution is -0.186. The number of rotatable bonds is 1. The van der Waals surface area contributed by atoms with Crippen molar-refractivity contribution in [2.45, 2.75) is 24.9 Å². The van der Waals surface area contributed by atoms with Crippen LogP contribution in [0, 0.1) is 0 Å². The van der Waals surface area contributed by atoms with Gasteiger partial charge in [-0.15, -0.1) is 0 Å². The van der Waals surface area contributed by atoms with Gasteiger partial charge < -0.3 is 9.32 Å². The van der Waals surface area contributed by atoms with E-state index in [4.69, 9.17) is 4.42 Å². The molecule has 0 bridgehead atoms. The molecule has 1 fully saturated rings. The van der Waals surface area contributed by atoms with Crippen LogP contribution in [0.15, 0.2) is 28.7 Å². The van der Waals surface area contributed by atoms with Crippen molar-refractivity contribution >= 4 is 17.0 Å². The summed E-state index contributed by atoms with van der Waals surface area (Å²) in [6.07, 6.45) is -3.95. The molecule has 1 aliphatic rings. The Bertz CT molecular complexity index is 625. The van der Waals surface area contributed by atoms with Crippen LogP contribution in [0.25, 0.3) is 11.1 Å². The van der Waals surface area contributed by atoms with Gasteiger partial charge >= 0.3 is 12.1 Å². The van der Waals surface area contributed by atoms with E-state index in [9.17, 15) is 18.0 Å². The average Bonchev–Trinajstić information content (AvgIpc) is 2.89. The van der Waals surface area contributed by atoms with Gasteiger partial charge in [0.2, 0.25) is 0 Å². The summed E-state index contributed by atoms with van der Waals surface area (Å²) in [7, 11) is 0. The molecule has 112 valence electrons. The van der Waals surface area contributed by atoms with Crippen LogP contribution in [0.3, 0.4) is 0 Å². The molecule has 0 atom stereocenters. The highest BCUT2D eigenvalue weighted by Crippen LogP contribution is 2.31. The van der Waals surface area contributed by atoms with Crippen molar-refractivity contribution in [2.75, 3.05) is 13.1 Å². The lowest BCUT2D eigenvalue weighted by atomic mass is 9.97. The largest absolute Gasteiger partial charge is 0.471 e. The van der Waals surface area contributed by atoms with Crippen LogP contribution in [0.5, 0.6) is 0 Å². The Kier molecular flexibility index (Phi) is 3.35. The molecular formula is C14H13F3N2O2. The normalized spacial score (nSPS) is 17.4. The number of carbonyl (C=O) groups is 1. The number of hydrogen-bond acceptors (Lipinski definition) is 3. The standard InChI is InChI=1S/C14H13F3N2O2/c15-14(16,17)13(20)19-7-5-9(6-8-19)12-18-10-3-1-2-4-11(10)21-12/h1-4,9H,5-8H2. The van der Waals surface area contributed by atoms with E-state index in [1.807, 2.05) is 18.2 Å². The van der Waals surface area contributed by atoms with Gasteiger partial charge in [0.1, 0.15) is 5.52 Å². The van der Waals surface area contributed by atoms with E-state index < -0.39 is 12.1 Å². The Labute approximate surface area is 118 Å². The summed E-state index contributed by atoms with van der Waals surface area (Å²) >= 11 is 0. The van der Waals surface area contributed by atoms with E-state index in [1.165, 1.54) is 0 Å². The molecule has 0 N–H and O–H groups in total. The third kappa shape index (κ3) is 2.72. The SMILES string of the molecule is O=C(N1CCC(c2nc3ccccc3o2)CC1)C(F)(F)F. The van der Waals surface area contributed by atoms with Crippen LogP contribution >= 0.6 is 0 Å². The monoisotopic (exact) mass is 298 g/mol. The average molecular weight is 298 g/mol. The number of benzene rings is 1. The fourth-order valence-electron chi connectivity index (χ4n) is 2.57. The maximum atomic E-state index is 12.4. The number of fused-ring (bicyclic) bond motifs is 1. The van der Waals surface area contributed by atoms with E-state index in [0.717, 1.165) is 10.4 Å². The summed E-state index contributed by atoms with van der Waals surface area (Å²) in [5.41, 5.74) is 1.41. The molecule has 7 heteroatoms. The molecular weight excluding hydrogens is 285 g/mol. The quantitative estimate of drug-likeness (QED) is 0.812. The van der Waals surface area contributed by atoms with Gasteiger partial charge in [-0.3, -0.25) is 4.79 Å². The van der Waals surface area contributed by atoms with E-state index in [-0.39, 0.29) is 19.0 Å². The molecule has 1 aromatic carbocycles. The van der Waals surface area contributed by atoms with E-state index in [1.54, 1.807) is 6.07 Å². The molecule has 2 heterocycles. The van der Waals surface area contributed by atoms with Gasteiger partial charge in [0.15, 0.2) is 11.5 Å². The first-order chi connectivity index (χ1) is 9.95. The van der Waals surface area contributed by atoms with Crippen molar-refractivity contribution < 1.29 is 22.4 Å². The fourth-order valence-corrected chi connectivity index (χ4v) is 2.57. The molecule has 0 aliphatic carbocycles. The second-order valence-electron chi connectivity index (χ2n) is 5.08. The number of likely N-dealkylation sites (tertiary alicyclic amines) is 1. The number of alkyl halides is 3. The molecule has 4 nitrogen and oxygen atoms in total. The minimum absolute atomic E-state index is 0.0466. The summed E-state index contributed by atoms with van der Waals surface area (Å²) in [5, 5.41) is 0. The second-order valence-corrected chi connectivity index (χ2v) is 5.08. The molecule has 0 saturated carbocycles. The van der Waals surface area contributed by atoms with Crippen LogP contribution in [-0.4, -0.2) is 35.1 Å². The zero-order valence-electron chi connectivity index (χ0n) is 11.1. The van der Waals surface area contributed by atoms with Gasteiger partial charge in [-0.1, -0.05) is 12.1 Å². The zero-order chi connectivity index (χ0) is 15.0. The summed E-state index contributed by atoms with van der Waals surface area (Å²) < 4.78 is 42.7. The molecule has 1 aromatic heterocycles. The van der Waals surface area contributed by atoms with Crippen molar-refractivity contribution in [2.24, 2.45) is 0 Å². The minimum Gasteiger partial charge on any atom is -0.440 e. The minimum atomic E-state index is -4.80. The van der Waals surface area contributed by atoms with Crippen LogP contribution < -0.4 is 0 Å². The first kappa shape index (κ1) is 13.9. The van der Waals surface area contributed by atoms with Crippen LogP contribution in [0.2, 0.25) is 0 Å². The Balaban J connectivity index is 1.69. The lowest BCUT2D eigenvalue weighted by Crippen LogP contribution is -2.45. The second kappa shape index (κ2) is 5.05. The molecule has 0 radical (unpaired) electrons. The number of carbonyl (C=O) groups excluding carboxylic acids is 1. The van der Waals surface area contributed by atoms with Crippen LogP contribution in [-0.2, 0) is 4.79 Å². The highest BCUT2D eigenvalue weighted by atomic mass is 19.4. The molecule has 1 aliphatic heterocycles. The van der Waals surface area contributed by atoms with Gasteiger partial charge in [-0.25, -0.2) is 4.98 Å². The maximum Gasteiger partial charge on any atom is 0.471 e. The smallest absolute Gasteiger partial charge is 0.440 e. The highest BCUT2D eigenvalue weighted by Gasteiger charge is 2.43. The lowest BCUT2D eigenvalue weighted by Gasteiger charge is -2.30. The van der Waals surface area contributed by atoms with E-state index in [2.05, 4.69) is 4.98 Å². The Morgan fingerprint density at radius 3 is 2.52 bits per heavy atom. The summed E-state index contributed by atoms with van der Waals surface area (Å²) in [6, 6.07) is 7.31. The zero-order valence-corrected chi connectivity index (χ0v) is 11.1. The first-order valence-corrected chi connectivity index (χ1v) is 6.67. The molecule has 3 rings (SSSR count). The van der Waals surface area contributed by atoms with Crippen molar-refractivity contribution in [1.82, 2.24) is 9.88 Å². The van der Waals surface area contributed by atoms with Crippen LogP contribution in [0.1, 0.15) is 24.7 Å². The predicted molar refractivity (Wildman–Crippen MR) is 68.6 cm³/mol. The van der Waals surface area contributed by atoms with Crippen molar-refractivity contribution in [3.8, 4) is 0 Å². The summed E-state index contributed by atoms with van der Waals surface area (Å²) in [6.45, 7) is 0.142. The molecule has 1 saturated heterocycles. The van der Waals surface area contributed by atoms with Gasteiger partial charge in [-0.2, -0.15) is 13.2 Å². The van der Waals surface area contributed by atoms with E-state index >= 15 is 0 Å². The van der Waals surface area contributed by atoms with Gasteiger partial charge in [-0.05, 0) is 25.0 Å². The number of oxazole rings is 1. The third-order valence-corrected chi connectivity index (χ3v) is 3.68. The van der Waals surface area contributed by atoms with Crippen molar-refractivity contribution in [3.63, 3.8) is 0 Å². The topological polar surface area (TPSA) is 46.3 Å². The number of piperidine rings is 1. The predicted octanol–water partition coefficient (Wildman–Crippen LogP) is 3.10. The number of halogens is 3. The third-order valence-electron chi connectivity index (χ3n) is 3.68. The number of para-hydroxylation sites is 2. The molecule has 0 spiro atoms. The van der Waals surface area contributed by atoms with Crippen molar-refractivity contribution in [1.29, 1.82) is 0 Å². The van der Waals surface area contributed by atoms with Gasteiger partial charge in [0.05, 0.1) is 0 Å². The number of amides is 1. The molecule has 0 unspecified atom stereocenters. The maximum absolute atomic E-state index is 12.4. The number of nitrogens with zero attached hydrogens (tertiary/aromatic N) is 2. The van der Waals surface area contributed by atoms with Gasteiger partial charge in [0.25, 0.3) is 0 Å². The van der Waals surface area contributed by atoms with Crippen molar-refractivity contribution in [3.05, 3.63) is 30.2 Å². The highest BCUT2D eigenvalue weighted by molar-refractivity contribution is 5.82. The number of aromatic nitrogens is 1.